The van der Waals surface area contributed by atoms with Gasteiger partial charge < -0.3 is 5.32 Å². The predicted molar refractivity (Wildman–Crippen MR) is 78.8 cm³/mol. The van der Waals surface area contributed by atoms with Crippen molar-refractivity contribution in [3.05, 3.63) is 29.8 Å². The SMILES string of the molecule is CC1CCN(S(=O)(=O)c2ccccc2CNC2CC2)C1. The van der Waals surface area contributed by atoms with Gasteiger partial charge in [0.15, 0.2) is 0 Å². The molecule has 1 aliphatic heterocycles. The Labute approximate surface area is 121 Å². The number of hydrogen-bond donors (Lipinski definition) is 1. The summed E-state index contributed by atoms with van der Waals surface area (Å²) in [5.41, 5.74) is 0.888. The summed E-state index contributed by atoms with van der Waals surface area (Å²) in [5, 5.41) is 3.40. The van der Waals surface area contributed by atoms with Crippen molar-refractivity contribution in [1.82, 2.24) is 9.62 Å². The van der Waals surface area contributed by atoms with Crippen LogP contribution >= 0.6 is 0 Å². The first kappa shape index (κ1) is 14.0. The van der Waals surface area contributed by atoms with Crippen molar-refractivity contribution in [2.24, 2.45) is 5.92 Å². The molecule has 2 aliphatic rings. The fourth-order valence-corrected chi connectivity index (χ4v) is 4.49. The van der Waals surface area contributed by atoms with E-state index in [0.29, 0.717) is 36.5 Å². The number of rotatable bonds is 5. The maximum absolute atomic E-state index is 12.8. The smallest absolute Gasteiger partial charge is 0.243 e. The van der Waals surface area contributed by atoms with Crippen molar-refractivity contribution >= 4 is 10.0 Å². The van der Waals surface area contributed by atoms with E-state index in [9.17, 15) is 8.42 Å². The second-order valence-corrected chi connectivity index (χ2v) is 7.93. The molecule has 5 heteroatoms. The molecule has 3 rings (SSSR count). The fourth-order valence-electron chi connectivity index (χ4n) is 2.70. The molecule has 1 atom stereocenters. The lowest BCUT2D eigenvalue weighted by molar-refractivity contribution is 0.463. The van der Waals surface area contributed by atoms with Gasteiger partial charge in [0.1, 0.15) is 0 Å². The van der Waals surface area contributed by atoms with E-state index < -0.39 is 10.0 Å². The molecule has 20 heavy (non-hydrogen) atoms. The number of benzene rings is 1. The van der Waals surface area contributed by atoms with E-state index in [2.05, 4.69) is 12.2 Å². The van der Waals surface area contributed by atoms with Crippen LogP contribution in [0.3, 0.4) is 0 Å². The summed E-state index contributed by atoms with van der Waals surface area (Å²) in [7, 11) is -3.34. The Kier molecular flexibility index (Phi) is 3.84. The Morgan fingerprint density at radius 1 is 1.25 bits per heavy atom. The predicted octanol–water partition coefficient (Wildman–Crippen LogP) is 1.97. The van der Waals surface area contributed by atoms with Gasteiger partial charge >= 0.3 is 0 Å². The molecule has 1 aromatic rings. The van der Waals surface area contributed by atoms with Gasteiger partial charge in [0.2, 0.25) is 10.0 Å². The van der Waals surface area contributed by atoms with E-state index in [4.69, 9.17) is 0 Å². The average Bonchev–Trinajstić information content (AvgIpc) is 3.16. The largest absolute Gasteiger partial charge is 0.310 e. The Morgan fingerprint density at radius 2 is 2.00 bits per heavy atom. The minimum absolute atomic E-state index is 0.460. The monoisotopic (exact) mass is 294 g/mol. The number of nitrogens with zero attached hydrogens (tertiary/aromatic N) is 1. The summed E-state index contributed by atoms with van der Waals surface area (Å²) in [6.07, 6.45) is 3.37. The first-order chi connectivity index (χ1) is 9.57. The van der Waals surface area contributed by atoms with Crippen molar-refractivity contribution in [1.29, 1.82) is 0 Å². The normalized spacial score (nSPS) is 24.1. The van der Waals surface area contributed by atoms with Crippen LogP contribution in [0.5, 0.6) is 0 Å². The summed E-state index contributed by atoms with van der Waals surface area (Å²) in [6, 6.07) is 7.96. The van der Waals surface area contributed by atoms with Gasteiger partial charge in [-0.25, -0.2) is 8.42 Å². The quantitative estimate of drug-likeness (QED) is 0.903. The molecular weight excluding hydrogens is 272 g/mol. The minimum Gasteiger partial charge on any atom is -0.310 e. The molecule has 1 saturated carbocycles. The molecule has 1 heterocycles. The molecule has 0 spiro atoms. The van der Waals surface area contributed by atoms with Gasteiger partial charge in [0.25, 0.3) is 0 Å². The minimum atomic E-state index is -3.34. The second kappa shape index (κ2) is 5.47. The van der Waals surface area contributed by atoms with Crippen LogP contribution in [0.2, 0.25) is 0 Å². The van der Waals surface area contributed by atoms with Gasteiger partial charge in [0, 0.05) is 25.7 Å². The first-order valence-corrected chi connectivity index (χ1v) is 8.83. The van der Waals surface area contributed by atoms with Gasteiger partial charge in [-0.3, -0.25) is 0 Å². The summed E-state index contributed by atoms with van der Waals surface area (Å²) < 4.78 is 27.2. The lowest BCUT2D eigenvalue weighted by Crippen LogP contribution is -2.30. The van der Waals surface area contributed by atoms with E-state index in [1.807, 2.05) is 18.2 Å². The average molecular weight is 294 g/mol. The Balaban J connectivity index is 1.84. The number of hydrogen-bond acceptors (Lipinski definition) is 3. The van der Waals surface area contributed by atoms with E-state index in [-0.39, 0.29) is 0 Å². The second-order valence-electron chi connectivity index (χ2n) is 6.02. The topological polar surface area (TPSA) is 49.4 Å². The molecule has 110 valence electrons. The molecule has 1 aromatic carbocycles. The standard InChI is InChI=1S/C15H22N2O2S/c1-12-8-9-17(11-12)20(18,19)15-5-3-2-4-13(15)10-16-14-6-7-14/h2-5,12,14,16H,6-11H2,1H3. The molecule has 1 aliphatic carbocycles. The van der Waals surface area contributed by atoms with Crippen molar-refractivity contribution in [3.63, 3.8) is 0 Å². The number of nitrogens with one attached hydrogen (secondary N) is 1. The molecule has 0 aromatic heterocycles. The van der Waals surface area contributed by atoms with Crippen molar-refractivity contribution in [2.45, 2.75) is 43.7 Å². The molecule has 0 bridgehead atoms. The van der Waals surface area contributed by atoms with Crippen molar-refractivity contribution in [3.8, 4) is 0 Å². The molecule has 2 fully saturated rings. The fraction of sp³-hybridized carbons (Fsp3) is 0.600. The summed E-state index contributed by atoms with van der Waals surface area (Å²) in [4.78, 5) is 0.474. The van der Waals surface area contributed by atoms with Crippen LogP contribution in [0, 0.1) is 5.92 Å². The summed E-state index contributed by atoms with van der Waals surface area (Å²) >= 11 is 0. The zero-order valence-corrected chi connectivity index (χ0v) is 12.7. The third kappa shape index (κ3) is 2.90. The van der Waals surface area contributed by atoms with Crippen molar-refractivity contribution < 1.29 is 8.42 Å². The highest BCUT2D eigenvalue weighted by Gasteiger charge is 2.32. The highest BCUT2D eigenvalue weighted by Crippen LogP contribution is 2.27. The zero-order chi connectivity index (χ0) is 14.2. The Bertz CT molecular complexity index is 581. The highest BCUT2D eigenvalue weighted by atomic mass is 32.2. The third-order valence-corrected chi connectivity index (χ3v) is 6.10. The third-order valence-electron chi connectivity index (χ3n) is 4.14. The van der Waals surface area contributed by atoms with E-state index in [1.54, 1.807) is 10.4 Å². The Morgan fingerprint density at radius 3 is 2.65 bits per heavy atom. The van der Waals surface area contributed by atoms with Crippen LogP contribution in [0.25, 0.3) is 0 Å². The summed E-state index contributed by atoms with van der Waals surface area (Å²) in [5.74, 6) is 0.460. The molecule has 4 nitrogen and oxygen atoms in total. The van der Waals surface area contributed by atoms with E-state index in [0.717, 1.165) is 12.0 Å². The first-order valence-electron chi connectivity index (χ1n) is 7.39. The van der Waals surface area contributed by atoms with Gasteiger partial charge in [0.05, 0.1) is 4.90 Å². The van der Waals surface area contributed by atoms with Gasteiger partial charge in [-0.1, -0.05) is 25.1 Å². The lowest BCUT2D eigenvalue weighted by Gasteiger charge is -2.18. The number of sulfonamides is 1. The Hall–Kier alpha value is -0.910. The molecular formula is C15H22N2O2S. The van der Waals surface area contributed by atoms with Crippen LogP contribution in [-0.4, -0.2) is 31.9 Å². The van der Waals surface area contributed by atoms with Crippen LogP contribution in [0.4, 0.5) is 0 Å². The maximum atomic E-state index is 12.8. The van der Waals surface area contributed by atoms with Gasteiger partial charge in [-0.05, 0) is 36.8 Å². The molecule has 0 radical (unpaired) electrons. The summed E-state index contributed by atoms with van der Waals surface area (Å²) in [6.45, 7) is 4.04. The zero-order valence-electron chi connectivity index (χ0n) is 11.9. The molecule has 1 unspecified atom stereocenters. The molecule has 1 N–H and O–H groups in total. The lowest BCUT2D eigenvalue weighted by atomic mass is 10.2. The maximum Gasteiger partial charge on any atom is 0.243 e. The van der Waals surface area contributed by atoms with Crippen LogP contribution in [0.1, 0.15) is 31.7 Å². The van der Waals surface area contributed by atoms with E-state index >= 15 is 0 Å². The molecule has 0 amide bonds. The van der Waals surface area contributed by atoms with Crippen LogP contribution in [-0.2, 0) is 16.6 Å². The van der Waals surface area contributed by atoms with Crippen LogP contribution in [0.15, 0.2) is 29.2 Å². The van der Waals surface area contributed by atoms with Gasteiger partial charge in [-0.15, -0.1) is 0 Å². The van der Waals surface area contributed by atoms with Crippen LogP contribution < -0.4 is 5.32 Å². The van der Waals surface area contributed by atoms with Gasteiger partial charge in [-0.2, -0.15) is 4.31 Å². The molecule has 1 saturated heterocycles. The van der Waals surface area contributed by atoms with Crippen molar-refractivity contribution in [2.75, 3.05) is 13.1 Å². The highest BCUT2D eigenvalue weighted by molar-refractivity contribution is 7.89. The van der Waals surface area contributed by atoms with E-state index in [1.165, 1.54) is 12.8 Å².